The summed E-state index contributed by atoms with van der Waals surface area (Å²) in [5.41, 5.74) is 2.81. The predicted octanol–water partition coefficient (Wildman–Crippen LogP) is 6.19. The van der Waals surface area contributed by atoms with Crippen molar-refractivity contribution >= 4 is 17.5 Å². The third-order valence-corrected chi connectivity index (χ3v) is 4.86. The van der Waals surface area contributed by atoms with E-state index >= 15 is 0 Å². The molecule has 1 aliphatic rings. The lowest BCUT2D eigenvalue weighted by atomic mass is 9.99. The van der Waals surface area contributed by atoms with Gasteiger partial charge in [-0.05, 0) is 47.9 Å². The summed E-state index contributed by atoms with van der Waals surface area (Å²) in [6.07, 6.45) is -0.319. The van der Waals surface area contributed by atoms with E-state index in [1.54, 1.807) is 0 Å². The van der Waals surface area contributed by atoms with Gasteiger partial charge in [0.15, 0.2) is 0 Å². The Morgan fingerprint density at radius 3 is 2.00 bits per heavy atom. The minimum absolute atomic E-state index is 0.00452. The molecule has 2 nitrogen and oxygen atoms in total. The van der Waals surface area contributed by atoms with E-state index in [0.717, 1.165) is 16.7 Å². The highest BCUT2D eigenvalue weighted by Gasteiger charge is 2.32. The first kappa shape index (κ1) is 17.7. The van der Waals surface area contributed by atoms with Crippen LogP contribution in [-0.2, 0) is 4.74 Å². The molecule has 0 spiro atoms. The van der Waals surface area contributed by atoms with Crippen LogP contribution in [0.15, 0.2) is 71.7 Å². The number of benzene rings is 3. The van der Waals surface area contributed by atoms with E-state index < -0.39 is 11.6 Å². The van der Waals surface area contributed by atoms with Crippen molar-refractivity contribution in [1.29, 1.82) is 0 Å². The average Bonchev–Trinajstić information content (AvgIpc) is 3.04. The fraction of sp³-hybridized carbons (Fsp3) is 0.136. The van der Waals surface area contributed by atoms with Gasteiger partial charge in [0.25, 0.3) is 0 Å². The summed E-state index contributed by atoms with van der Waals surface area (Å²) in [7, 11) is 0. The van der Waals surface area contributed by atoms with Gasteiger partial charge in [-0.3, -0.25) is 0 Å². The van der Waals surface area contributed by atoms with Crippen molar-refractivity contribution < 1.29 is 13.5 Å². The maximum absolute atomic E-state index is 14.0. The van der Waals surface area contributed by atoms with E-state index in [1.165, 1.54) is 18.2 Å². The van der Waals surface area contributed by atoms with Crippen molar-refractivity contribution in [1.82, 2.24) is 0 Å². The minimum Gasteiger partial charge on any atom is -0.472 e. The molecule has 3 aromatic carbocycles. The summed E-state index contributed by atoms with van der Waals surface area (Å²) < 4.78 is 33.7. The Balaban J connectivity index is 1.63. The molecule has 1 heterocycles. The Kier molecular flexibility index (Phi) is 4.66. The molecule has 5 heteroatoms. The molecule has 0 radical (unpaired) electrons. The van der Waals surface area contributed by atoms with Gasteiger partial charge in [0.1, 0.15) is 29.3 Å². The van der Waals surface area contributed by atoms with Gasteiger partial charge >= 0.3 is 0 Å². The first-order valence-electron chi connectivity index (χ1n) is 8.57. The lowest BCUT2D eigenvalue weighted by Gasteiger charge is -2.13. The standard InChI is InChI=1S/C22H16ClF2NO/c1-13-21(26-22(27-13)20-18(24)3-2-4-19(20)25)16-7-5-14(6-8-16)15-9-11-17(23)12-10-15/h2-13,21H,1H3/t13-,21-/m0/s1. The molecule has 0 amide bonds. The van der Waals surface area contributed by atoms with E-state index in [9.17, 15) is 8.78 Å². The maximum Gasteiger partial charge on any atom is 0.223 e. The van der Waals surface area contributed by atoms with Gasteiger partial charge in [0.05, 0.1) is 0 Å². The van der Waals surface area contributed by atoms with Crippen LogP contribution in [0.2, 0.25) is 5.02 Å². The molecular formula is C22H16ClF2NO. The first-order valence-corrected chi connectivity index (χ1v) is 8.95. The molecule has 0 bridgehead atoms. The van der Waals surface area contributed by atoms with Crippen LogP contribution in [0.3, 0.4) is 0 Å². The summed E-state index contributed by atoms with van der Waals surface area (Å²) in [4.78, 5) is 4.44. The highest BCUT2D eigenvalue weighted by molar-refractivity contribution is 6.30. The second-order valence-corrected chi connectivity index (χ2v) is 6.86. The van der Waals surface area contributed by atoms with E-state index in [1.807, 2.05) is 55.5 Å². The molecule has 1 aliphatic heterocycles. The number of hydrogen-bond donors (Lipinski definition) is 0. The van der Waals surface area contributed by atoms with Crippen LogP contribution in [0.1, 0.15) is 24.1 Å². The molecule has 0 aromatic heterocycles. The van der Waals surface area contributed by atoms with Crippen LogP contribution < -0.4 is 0 Å². The summed E-state index contributed by atoms with van der Waals surface area (Å²) in [6, 6.07) is 18.9. The van der Waals surface area contributed by atoms with Gasteiger partial charge in [-0.15, -0.1) is 0 Å². The third kappa shape index (κ3) is 3.45. The number of nitrogens with zero attached hydrogens (tertiary/aromatic N) is 1. The molecule has 0 unspecified atom stereocenters. The van der Waals surface area contributed by atoms with Crippen molar-refractivity contribution in [2.24, 2.45) is 4.99 Å². The fourth-order valence-electron chi connectivity index (χ4n) is 3.19. The lowest BCUT2D eigenvalue weighted by Crippen LogP contribution is -2.14. The van der Waals surface area contributed by atoms with Crippen molar-refractivity contribution in [3.05, 3.63) is 94.5 Å². The van der Waals surface area contributed by atoms with Gasteiger partial charge in [-0.25, -0.2) is 13.8 Å². The monoisotopic (exact) mass is 383 g/mol. The van der Waals surface area contributed by atoms with Gasteiger partial charge in [0, 0.05) is 5.02 Å². The zero-order valence-corrected chi connectivity index (χ0v) is 15.3. The molecule has 0 fully saturated rings. The van der Waals surface area contributed by atoms with Crippen LogP contribution in [0, 0.1) is 11.6 Å². The van der Waals surface area contributed by atoms with Crippen LogP contribution in [0.25, 0.3) is 11.1 Å². The quantitative estimate of drug-likeness (QED) is 0.528. The van der Waals surface area contributed by atoms with E-state index in [4.69, 9.17) is 16.3 Å². The van der Waals surface area contributed by atoms with E-state index in [-0.39, 0.29) is 23.6 Å². The summed E-state index contributed by atoms with van der Waals surface area (Å²) in [6.45, 7) is 1.84. The Labute approximate surface area is 161 Å². The highest BCUT2D eigenvalue weighted by atomic mass is 35.5. The predicted molar refractivity (Wildman–Crippen MR) is 103 cm³/mol. The van der Waals surface area contributed by atoms with Gasteiger partial charge in [-0.1, -0.05) is 54.1 Å². The van der Waals surface area contributed by atoms with Crippen LogP contribution in [0.4, 0.5) is 8.78 Å². The molecule has 4 rings (SSSR count). The molecule has 3 aromatic rings. The van der Waals surface area contributed by atoms with Gasteiger partial charge in [-0.2, -0.15) is 0 Å². The van der Waals surface area contributed by atoms with Crippen LogP contribution >= 0.6 is 11.6 Å². The zero-order valence-electron chi connectivity index (χ0n) is 14.5. The molecule has 0 saturated heterocycles. The minimum atomic E-state index is -0.681. The smallest absolute Gasteiger partial charge is 0.223 e. The highest BCUT2D eigenvalue weighted by Crippen LogP contribution is 2.33. The second-order valence-electron chi connectivity index (χ2n) is 6.43. The van der Waals surface area contributed by atoms with E-state index in [2.05, 4.69) is 4.99 Å². The SMILES string of the molecule is C[C@@H]1OC(c2c(F)cccc2F)=N[C@@H]1c1ccc(-c2ccc(Cl)cc2)cc1. The fourth-order valence-corrected chi connectivity index (χ4v) is 3.31. The number of halogens is 3. The molecular weight excluding hydrogens is 368 g/mol. The summed E-state index contributed by atoms with van der Waals surface area (Å²) in [5, 5.41) is 0.689. The first-order chi connectivity index (χ1) is 13.0. The average molecular weight is 384 g/mol. The molecule has 0 aliphatic carbocycles. The Bertz CT molecular complexity index is 980. The third-order valence-electron chi connectivity index (χ3n) is 4.60. The van der Waals surface area contributed by atoms with Crippen molar-refractivity contribution in [3.63, 3.8) is 0 Å². The maximum atomic E-state index is 14.0. The normalized spacial score (nSPS) is 18.9. The topological polar surface area (TPSA) is 21.6 Å². The number of ether oxygens (including phenoxy) is 1. The van der Waals surface area contributed by atoms with Crippen LogP contribution in [0.5, 0.6) is 0 Å². The largest absolute Gasteiger partial charge is 0.472 e. The Hall–Kier alpha value is -2.72. The molecule has 136 valence electrons. The number of hydrogen-bond acceptors (Lipinski definition) is 2. The number of aliphatic imine (C=N–C) groups is 1. The summed E-state index contributed by atoms with van der Waals surface area (Å²) in [5.74, 6) is -1.36. The van der Waals surface area contributed by atoms with Crippen molar-refractivity contribution in [3.8, 4) is 11.1 Å². The number of rotatable bonds is 3. The lowest BCUT2D eigenvalue weighted by molar-refractivity contribution is 0.213. The van der Waals surface area contributed by atoms with Crippen LogP contribution in [-0.4, -0.2) is 12.0 Å². The van der Waals surface area contributed by atoms with Gasteiger partial charge < -0.3 is 4.74 Å². The van der Waals surface area contributed by atoms with E-state index in [0.29, 0.717) is 5.02 Å². The Morgan fingerprint density at radius 2 is 1.41 bits per heavy atom. The van der Waals surface area contributed by atoms with Crippen molar-refractivity contribution in [2.45, 2.75) is 19.1 Å². The molecule has 0 N–H and O–H groups in total. The summed E-state index contributed by atoms with van der Waals surface area (Å²) >= 11 is 5.93. The zero-order chi connectivity index (χ0) is 19.0. The Morgan fingerprint density at radius 1 is 0.852 bits per heavy atom. The molecule has 0 saturated carbocycles. The van der Waals surface area contributed by atoms with Gasteiger partial charge in [0.2, 0.25) is 5.90 Å². The molecule has 27 heavy (non-hydrogen) atoms. The second kappa shape index (κ2) is 7.12. The molecule has 2 atom stereocenters. The van der Waals surface area contributed by atoms with Crippen molar-refractivity contribution in [2.75, 3.05) is 0 Å².